The van der Waals surface area contributed by atoms with Gasteiger partial charge in [0, 0.05) is 24.8 Å². The molecule has 1 aromatic heterocycles. The highest BCUT2D eigenvalue weighted by Gasteiger charge is 2.21. The fourth-order valence-electron chi connectivity index (χ4n) is 2.20. The molecule has 1 amide bonds. The molecule has 0 saturated carbocycles. The van der Waals surface area contributed by atoms with Crippen molar-refractivity contribution in [3.63, 3.8) is 0 Å². The molecule has 0 aromatic carbocycles. The Bertz CT molecular complexity index is 573. The minimum absolute atomic E-state index is 0.133. The second-order valence-electron chi connectivity index (χ2n) is 4.60. The van der Waals surface area contributed by atoms with Gasteiger partial charge < -0.3 is 4.90 Å². The number of hydrogen-bond donors (Lipinski definition) is 0. The average molecular weight is 265 g/mol. The van der Waals surface area contributed by atoms with Crippen molar-refractivity contribution < 1.29 is 9.72 Å². The number of rotatable bonds is 3. The molecule has 7 nitrogen and oxygen atoms in total. The first kappa shape index (κ1) is 13.3. The van der Waals surface area contributed by atoms with Crippen LogP contribution in [0.5, 0.6) is 0 Å². The molecule has 1 saturated heterocycles. The number of nitro groups is 1. The molecular formula is C12H15N3O4. The Kier molecular flexibility index (Phi) is 3.64. The van der Waals surface area contributed by atoms with Crippen molar-refractivity contribution in [2.24, 2.45) is 0 Å². The largest absolute Gasteiger partial charge is 0.341 e. The van der Waals surface area contributed by atoms with Crippen molar-refractivity contribution in [2.75, 3.05) is 13.1 Å². The summed E-state index contributed by atoms with van der Waals surface area (Å²) >= 11 is 0. The summed E-state index contributed by atoms with van der Waals surface area (Å²) in [6.07, 6.45) is 1.93. The zero-order chi connectivity index (χ0) is 14.0. The van der Waals surface area contributed by atoms with Crippen LogP contribution in [0, 0.1) is 17.0 Å². The number of aryl methyl sites for hydroxylation is 1. The predicted octanol–water partition coefficient (Wildman–Crippen LogP) is 0.687. The van der Waals surface area contributed by atoms with Crippen molar-refractivity contribution >= 4 is 11.6 Å². The Hall–Kier alpha value is -2.18. The van der Waals surface area contributed by atoms with E-state index in [0.29, 0.717) is 18.8 Å². The Balaban J connectivity index is 2.29. The van der Waals surface area contributed by atoms with Gasteiger partial charge in [-0.15, -0.1) is 0 Å². The highest BCUT2D eigenvalue weighted by molar-refractivity contribution is 5.76. The normalized spacial score (nSPS) is 14.7. The minimum Gasteiger partial charge on any atom is -0.341 e. The number of amides is 1. The van der Waals surface area contributed by atoms with Crippen LogP contribution >= 0.6 is 0 Å². The Morgan fingerprint density at radius 2 is 2.00 bits per heavy atom. The van der Waals surface area contributed by atoms with Crippen LogP contribution in [0.3, 0.4) is 0 Å². The molecule has 0 N–H and O–H groups in total. The minimum atomic E-state index is -0.724. The maximum Gasteiger partial charge on any atom is 0.334 e. The highest BCUT2D eigenvalue weighted by Crippen LogP contribution is 2.10. The van der Waals surface area contributed by atoms with Gasteiger partial charge in [0.2, 0.25) is 5.91 Å². The first-order chi connectivity index (χ1) is 9.00. The van der Waals surface area contributed by atoms with Gasteiger partial charge >= 0.3 is 11.2 Å². The second kappa shape index (κ2) is 5.21. The monoisotopic (exact) mass is 265 g/mol. The summed E-state index contributed by atoms with van der Waals surface area (Å²) in [5.74, 6) is -0.164. The molecule has 2 rings (SSSR count). The van der Waals surface area contributed by atoms with Crippen LogP contribution in [-0.2, 0) is 11.3 Å². The third-order valence-corrected chi connectivity index (χ3v) is 3.32. The maximum atomic E-state index is 12.0. The molecule has 0 unspecified atom stereocenters. The number of aromatic nitrogens is 1. The lowest BCUT2D eigenvalue weighted by Gasteiger charge is -2.17. The number of likely N-dealkylation sites (tertiary alicyclic amines) is 1. The molecule has 19 heavy (non-hydrogen) atoms. The third-order valence-electron chi connectivity index (χ3n) is 3.32. The Labute approximate surface area is 109 Å². The molecule has 0 atom stereocenters. The molecule has 102 valence electrons. The Morgan fingerprint density at radius 3 is 2.58 bits per heavy atom. The molecule has 1 aliphatic rings. The summed E-state index contributed by atoms with van der Waals surface area (Å²) in [5.41, 5.74) is -0.680. The van der Waals surface area contributed by atoms with E-state index < -0.39 is 16.2 Å². The van der Waals surface area contributed by atoms with Gasteiger partial charge in [-0.25, -0.2) is 0 Å². The van der Waals surface area contributed by atoms with E-state index in [1.54, 1.807) is 11.8 Å². The van der Waals surface area contributed by atoms with Crippen LogP contribution < -0.4 is 5.56 Å². The van der Waals surface area contributed by atoms with Crippen LogP contribution in [0.1, 0.15) is 18.5 Å². The lowest BCUT2D eigenvalue weighted by molar-refractivity contribution is -0.386. The zero-order valence-corrected chi connectivity index (χ0v) is 10.7. The van der Waals surface area contributed by atoms with E-state index in [1.807, 2.05) is 0 Å². The number of carbonyl (C=O) groups is 1. The van der Waals surface area contributed by atoms with E-state index in [1.165, 1.54) is 16.7 Å². The van der Waals surface area contributed by atoms with Gasteiger partial charge in [-0.3, -0.25) is 24.3 Å². The molecule has 0 spiro atoms. The lowest BCUT2D eigenvalue weighted by atomic mass is 10.3. The fourth-order valence-corrected chi connectivity index (χ4v) is 2.20. The van der Waals surface area contributed by atoms with E-state index in [2.05, 4.69) is 0 Å². The summed E-state index contributed by atoms with van der Waals surface area (Å²) in [6, 6.07) is 2.66. The van der Waals surface area contributed by atoms with Crippen LogP contribution in [0.25, 0.3) is 0 Å². The molecule has 1 fully saturated rings. The smallest absolute Gasteiger partial charge is 0.334 e. The molecule has 7 heteroatoms. The summed E-state index contributed by atoms with van der Waals surface area (Å²) in [4.78, 5) is 35.6. The highest BCUT2D eigenvalue weighted by atomic mass is 16.6. The number of hydrogen-bond acceptors (Lipinski definition) is 4. The third kappa shape index (κ3) is 2.64. The van der Waals surface area contributed by atoms with E-state index in [-0.39, 0.29) is 12.5 Å². The molecule has 1 aliphatic heterocycles. The standard InChI is InChI=1S/C12H15N3O4/c1-9-4-5-10(15(18)19)12(17)14(9)8-11(16)13-6-2-3-7-13/h4-5H,2-3,6-8H2,1H3. The van der Waals surface area contributed by atoms with Crippen LogP contribution in [0.2, 0.25) is 0 Å². The number of pyridine rings is 1. The molecule has 1 aromatic rings. The van der Waals surface area contributed by atoms with Crippen LogP contribution in [0.15, 0.2) is 16.9 Å². The van der Waals surface area contributed by atoms with Crippen LogP contribution in [-0.4, -0.2) is 33.4 Å². The topological polar surface area (TPSA) is 85.5 Å². The lowest BCUT2D eigenvalue weighted by Crippen LogP contribution is -2.35. The number of nitrogens with zero attached hydrogens (tertiary/aromatic N) is 3. The van der Waals surface area contributed by atoms with Gasteiger partial charge in [0.1, 0.15) is 6.54 Å². The second-order valence-corrected chi connectivity index (χ2v) is 4.60. The van der Waals surface area contributed by atoms with Gasteiger partial charge in [-0.1, -0.05) is 0 Å². The summed E-state index contributed by atoms with van der Waals surface area (Å²) in [6.45, 7) is 2.91. The molecular weight excluding hydrogens is 250 g/mol. The van der Waals surface area contributed by atoms with E-state index >= 15 is 0 Å². The van der Waals surface area contributed by atoms with Crippen molar-refractivity contribution in [1.29, 1.82) is 0 Å². The van der Waals surface area contributed by atoms with Gasteiger partial charge in [0.15, 0.2) is 0 Å². The summed E-state index contributed by atoms with van der Waals surface area (Å²) in [5, 5.41) is 10.7. The molecule has 0 bridgehead atoms. The SMILES string of the molecule is Cc1ccc([N+](=O)[O-])c(=O)n1CC(=O)N1CCCC1. The first-order valence-electron chi connectivity index (χ1n) is 6.13. The predicted molar refractivity (Wildman–Crippen MR) is 67.9 cm³/mol. The van der Waals surface area contributed by atoms with E-state index in [0.717, 1.165) is 12.8 Å². The van der Waals surface area contributed by atoms with Gasteiger partial charge in [0.05, 0.1) is 4.92 Å². The van der Waals surface area contributed by atoms with E-state index in [4.69, 9.17) is 0 Å². The average Bonchev–Trinajstić information content (AvgIpc) is 2.87. The van der Waals surface area contributed by atoms with Crippen molar-refractivity contribution in [3.05, 3.63) is 38.3 Å². The van der Waals surface area contributed by atoms with Crippen molar-refractivity contribution in [2.45, 2.75) is 26.3 Å². The quantitative estimate of drug-likeness (QED) is 0.594. The number of carbonyl (C=O) groups excluding carboxylic acids is 1. The maximum absolute atomic E-state index is 12.0. The van der Waals surface area contributed by atoms with Crippen molar-refractivity contribution in [1.82, 2.24) is 9.47 Å². The van der Waals surface area contributed by atoms with Gasteiger partial charge in [-0.2, -0.15) is 0 Å². The van der Waals surface area contributed by atoms with Crippen molar-refractivity contribution in [3.8, 4) is 0 Å². The molecule has 0 radical (unpaired) electrons. The van der Waals surface area contributed by atoms with Crippen LogP contribution in [0.4, 0.5) is 5.69 Å². The molecule has 2 heterocycles. The van der Waals surface area contributed by atoms with Gasteiger partial charge in [-0.05, 0) is 25.8 Å². The summed E-state index contributed by atoms with van der Waals surface area (Å²) < 4.78 is 1.17. The fraction of sp³-hybridized carbons (Fsp3) is 0.500. The Morgan fingerprint density at radius 1 is 1.37 bits per heavy atom. The zero-order valence-electron chi connectivity index (χ0n) is 10.7. The summed E-state index contributed by atoms with van der Waals surface area (Å²) in [7, 11) is 0. The first-order valence-corrected chi connectivity index (χ1v) is 6.13. The van der Waals surface area contributed by atoms with E-state index in [9.17, 15) is 19.7 Å². The molecule has 0 aliphatic carbocycles. The van der Waals surface area contributed by atoms with Gasteiger partial charge in [0.25, 0.3) is 0 Å².